The van der Waals surface area contributed by atoms with Crippen LogP contribution in [0.25, 0.3) is 0 Å². The maximum absolute atomic E-state index is 12.5. The molecule has 0 saturated carbocycles. The number of carbonyl (C=O) groups excluding carboxylic acids is 1. The molecule has 1 amide bonds. The lowest BCUT2D eigenvalue weighted by molar-refractivity contribution is -0.137. The summed E-state index contributed by atoms with van der Waals surface area (Å²) in [5.41, 5.74) is 5.63. The van der Waals surface area contributed by atoms with Crippen LogP contribution in [0.15, 0.2) is 24.3 Å². The molecule has 1 aromatic rings. The molecular weight excluding hydrogens is 301 g/mol. The SMILES string of the molecule is CSCC[C@H](N)C(=O)NC(C)c1ccc(C(F)(F)F)cc1. The van der Waals surface area contributed by atoms with E-state index >= 15 is 0 Å². The van der Waals surface area contributed by atoms with E-state index < -0.39 is 17.8 Å². The Bertz CT molecular complexity index is 462. The standard InChI is InChI=1S/C14H19F3N2OS/c1-9(19-13(20)12(18)7-8-21-2)10-3-5-11(6-4-10)14(15,16)17/h3-6,9,12H,7-8,18H2,1-2H3,(H,19,20)/t9?,12-/m0/s1. The number of hydrogen-bond donors (Lipinski definition) is 2. The van der Waals surface area contributed by atoms with E-state index in [-0.39, 0.29) is 11.9 Å². The van der Waals surface area contributed by atoms with Crippen molar-refractivity contribution >= 4 is 17.7 Å². The van der Waals surface area contributed by atoms with Gasteiger partial charge in [0.15, 0.2) is 0 Å². The third-order valence-corrected chi connectivity index (χ3v) is 3.71. The Morgan fingerprint density at radius 3 is 2.38 bits per heavy atom. The second-order valence-corrected chi connectivity index (χ2v) is 5.72. The first kappa shape index (κ1) is 17.8. The van der Waals surface area contributed by atoms with Gasteiger partial charge in [-0.3, -0.25) is 4.79 Å². The van der Waals surface area contributed by atoms with Crippen LogP contribution in [0.2, 0.25) is 0 Å². The maximum Gasteiger partial charge on any atom is 0.416 e. The van der Waals surface area contributed by atoms with Crippen LogP contribution in [0.5, 0.6) is 0 Å². The molecule has 0 aliphatic rings. The van der Waals surface area contributed by atoms with E-state index in [2.05, 4.69) is 5.32 Å². The first-order valence-corrected chi connectivity index (χ1v) is 7.87. The number of carbonyl (C=O) groups is 1. The fourth-order valence-corrected chi connectivity index (χ4v) is 2.23. The summed E-state index contributed by atoms with van der Waals surface area (Å²) in [7, 11) is 0. The summed E-state index contributed by atoms with van der Waals surface area (Å²) in [6.45, 7) is 1.71. The van der Waals surface area contributed by atoms with E-state index in [0.717, 1.165) is 17.9 Å². The van der Waals surface area contributed by atoms with Gasteiger partial charge in [0, 0.05) is 0 Å². The molecule has 1 unspecified atom stereocenters. The van der Waals surface area contributed by atoms with Crippen molar-refractivity contribution in [1.29, 1.82) is 0 Å². The van der Waals surface area contributed by atoms with Crippen molar-refractivity contribution in [3.63, 3.8) is 0 Å². The molecule has 0 spiro atoms. The van der Waals surface area contributed by atoms with Crippen LogP contribution in [-0.2, 0) is 11.0 Å². The lowest BCUT2D eigenvalue weighted by atomic mass is 10.1. The lowest BCUT2D eigenvalue weighted by Gasteiger charge is -2.18. The number of alkyl halides is 3. The highest BCUT2D eigenvalue weighted by Gasteiger charge is 2.30. The molecule has 1 rings (SSSR count). The van der Waals surface area contributed by atoms with Gasteiger partial charge in [-0.05, 0) is 43.0 Å². The van der Waals surface area contributed by atoms with E-state index in [0.29, 0.717) is 12.0 Å². The van der Waals surface area contributed by atoms with E-state index in [1.165, 1.54) is 12.1 Å². The number of rotatable bonds is 6. The minimum atomic E-state index is -4.36. The highest BCUT2D eigenvalue weighted by atomic mass is 32.2. The second kappa shape index (κ2) is 7.70. The van der Waals surface area contributed by atoms with Gasteiger partial charge in [0.2, 0.25) is 5.91 Å². The highest BCUT2D eigenvalue weighted by Crippen LogP contribution is 2.29. The number of nitrogens with two attached hydrogens (primary N) is 1. The number of hydrogen-bond acceptors (Lipinski definition) is 3. The number of nitrogens with one attached hydrogen (secondary N) is 1. The van der Waals surface area contributed by atoms with Gasteiger partial charge in [-0.2, -0.15) is 24.9 Å². The molecule has 0 aliphatic heterocycles. The summed E-state index contributed by atoms with van der Waals surface area (Å²) in [6.07, 6.45) is -1.87. The Balaban J connectivity index is 2.63. The monoisotopic (exact) mass is 320 g/mol. The average Bonchev–Trinajstić information content (AvgIpc) is 2.43. The van der Waals surface area contributed by atoms with Crippen molar-refractivity contribution < 1.29 is 18.0 Å². The Labute approximate surface area is 126 Å². The van der Waals surface area contributed by atoms with E-state index in [9.17, 15) is 18.0 Å². The molecule has 0 fully saturated rings. The van der Waals surface area contributed by atoms with Crippen molar-refractivity contribution in [1.82, 2.24) is 5.32 Å². The Hall–Kier alpha value is -1.21. The maximum atomic E-state index is 12.5. The van der Waals surface area contributed by atoms with Gasteiger partial charge in [0.25, 0.3) is 0 Å². The molecule has 0 radical (unpaired) electrons. The predicted octanol–water partition coefficient (Wildman–Crippen LogP) is 2.96. The number of halogens is 3. The summed E-state index contributed by atoms with van der Waals surface area (Å²) < 4.78 is 37.4. The molecule has 21 heavy (non-hydrogen) atoms. The van der Waals surface area contributed by atoms with Gasteiger partial charge in [-0.25, -0.2) is 0 Å². The summed E-state index contributed by atoms with van der Waals surface area (Å²) in [4.78, 5) is 11.8. The molecule has 3 nitrogen and oxygen atoms in total. The predicted molar refractivity (Wildman–Crippen MR) is 79.0 cm³/mol. The molecule has 0 aromatic heterocycles. The summed E-state index contributed by atoms with van der Waals surface area (Å²) >= 11 is 1.60. The van der Waals surface area contributed by atoms with Crippen LogP contribution >= 0.6 is 11.8 Å². The number of amides is 1. The minimum Gasteiger partial charge on any atom is -0.348 e. The normalized spacial score (nSPS) is 14.6. The molecule has 118 valence electrons. The fraction of sp³-hybridized carbons (Fsp3) is 0.500. The van der Waals surface area contributed by atoms with E-state index in [1.54, 1.807) is 18.7 Å². The molecule has 1 aromatic carbocycles. The van der Waals surface area contributed by atoms with Crippen LogP contribution in [0, 0.1) is 0 Å². The zero-order valence-electron chi connectivity index (χ0n) is 11.9. The van der Waals surface area contributed by atoms with Crippen molar-refractivity contribution in [2.24, 2.45) is 5.73 Å². The van der Waals surface area contributed by atoms with Crippen LogP contribution in [0.4, 0.5) is 13.2 Å². The smallest absolute Gasteiger partial charge is 0.348 e. The molecule has 0 saturated heterocycles. The van der Waals surface area contributed by atoms with Gasteiger partial charge in [0.05, 0.1) is 17.6 Å². The molecule has 7 heteroatoms. The molecule has 2 atom stereocenters. The second-order valence-electron chi connectivity index (χ2n) is 4.74. The van der Waals surface area contributed by atoms with Gasteiger partial charge in [-0.15, -0.1) is 0 Å². The average molecular weight is 320 g/mol. The Morgan fingerprint density at radius 1 is 1.33 bits per heavy atom. The van der Waals surface area contributed by atoms with Crippen LogP contribution in [-0.4, -0.2) is 24.0 Å². The molecule has 3 N–H and O–H groups in total. The van der Waals surface area contributed by atoms with Crippen molar-refractivity contribution in [3.05, 3.63) is 35.4 Å². The first-order chi connectivity index (χ1) is 9.75. The van der Waals surface area contributed by atoms with Gasteiger partial charge in [-0.1, -0.05) is 12.1 Å². The summed E-state index contributed by atoms with van der Waals surface area (Å²) in [5.74, 6) is 0.486. The van der Waals surface area contributed by atoms with Gasteiger partial charge >= 0.3 is 6.18 Å². The van der Waals surface area contributed by atoms with Crippen LogP contribution < -0.4 is 11.1 Å². The van der Waals surface area contributed by atoms with E-state index in [4.69, 9.17) is 5.73 Å². The van der Waals surface area contributed by atoms with Crippen molar-refractivity contribution in [2.75, 3.05) is 12.0 Å². The molecule has 0 heterocycles. The number of thioether (sulfide) groups is 1. The quantitative estimate of drug-likeness (QED) is 0.847. The van der Waals surface area contributed by atoms with Crippen LogP contribution in [0.1, 0.15) is 30.5 Å². The zero-order chi connectivity index (χ0) is 16.0. The Morgan fingerprint density at radius 2 is 1.90 bits per heavy atom. The molecular formula is C14H19F3N2OS. The third kappa shape index (κ3) is 5.59. The topological polar surface area (TPSA) is 55.1 Å². The van der Waals surface area contributed by atoms with E-state index in [1.807, 2.05) is 6.26 Å². The minimum absolute atomic E-state index is 0.295. The van der Waals surface area contributed by atoms with Gasteiger partial charge < -0.3 is 11.1 Å². The largest absolute Gasteiger partial charge is 0.416 e. The molecule has 0 bridgehead atoms. The first-order valence-electron chi connectivity index (χ1n) is 6.47. The van der Waals surface area contributed by atoms with Crippen molar-refractivity contribution in [2.45, 2.75) is 31.6 Å². The lowest BCUT2D eigenvalue weighted by Crippen LogP contribution is -2.41. The van der Waals surface area contributed by atoms with Crippen molar-refractivity contribution in [3.8, 4) is 0 Å². The fourth-order valence-electron chi connectivity index (χ4n) is 1.74. The highest BCUT2D eigenvalue weighted by molar-refractivity contribution is 7.98. The summed E-state index contributed by atoms with van der Waals surface area (Å²) in [6, 6.07) is 3.74. The van der Waals surface area contributed by atoms with Gasteiger partial charge in [0.1, 0.15) is 0 Å². The third-order valence-electron chi connectivity index (χ3n) is 3.07. The Kier molecular flexibility index (Phi) is 6.54. The summed E-state index contributed by atoms with van der Waals surface area (Å²) in [5, 5.41) is 2.71. The molecule has 0 aliphatic carbocycles. The number of benzene rings is 1. The van der Waals surface area contributed by atoms with Crippen LogP contribution in [0.3, 0.4) is 0 Å². The zero-order valence-corrected chi connectivity index (χ0v) is 12.7.